The average Bonchev–Trinajstić information content (AvgIpc) is 3.08. The molecule has 0 unspecified atom stereocenters. The number of imidazole rings is 1. The van der Waals surface area contributed by atoms with Crippen molar-refractivity contribution in [3.63, 3.8) is 0 Å². The minimum Gasteiger partial charge on any atom is -0.493 e. The third-order valence-corrected chi connectivity index (χ3v) is 5.16. The van der Waals surface area contributed by atoms with Gasteiger partial charge in [-0.25, -0.2) is 9.97 Å². The fraction of sp³-hybridized carbons (Fsp3) is 0.273. The van der Waals surface area contributed by atoms with Gasteiger partial charge in [-0.1, -0.05) is 25.1 Å². The van der Waals surface area contributed by atoms with Crippen molar-refractivity contribution in [2.24, 2.45) is 5.41 Å². The zero-order valence-electron chi connectivity index (χ0n) is 15.5. The van der Waals surface area contributed by atoms with Gasteiger partial charge in [0.2, 0.25) is 0 Å². The van der Waals surface area contributed by atoms with E-state index < -0.39 is 0 Å². The summed E-state index contributed by atoms with van der Waals surface area (Å²) in [6, 6.07) is 16.4. The molecule has 0 spiro atoms. The van der Waals surface area contributed by atoms with Gasteiger partial charge in [-0.2, -0.15) is 0 Å². The van der Waals surface area contributed by atoms with Crippen molar-refractivity contribution >= 4 is 21.9 Å². The smallest absolute Gasteiger partial charge is 0.139 e. The first-order valence-corrected chi connectivity index (χ1v) is 9.16. The number of pyridine rings is 1. The van der Waals surface area contributed by atoms with Crippen LogP contribution in [0.15, 0.2) is 54.9 Å². The van der Waals surface area contributed by atoms with Gasteiger partial charge < -0.3 is 9.47 Å². The van der Waals surface area contributed by atoms with Gasteiger partial charge in [0.25, 0.3) is 0 Å². The van der Waals surface area contributed by atoms with E-state index in [4.69, 9.17) is 14.5 Å². The summed E-state index contributed by atoms with van der Waals surface area (Å²) in [6.45, 7) is 6.44. The number of aryl methyl sites for hydroxylation is 1. The number of hydrogen-bond acceptors (Lipinski definition) is 4. The van der Waals surface area contributed by atoms with Crippen LogP contribution in [0, 0.1) is 12.3 Å². The highest BCUT2D eigenvalue weighted by Gasteiger charge is 2.34. The van der Waals surface area contributed by atoms with Gasteiger partial charge in [0.1, 0.15) is 17.9 Å². The maximum absolute atomic E-state index is 5.96. The molecule has 1 fully saturated rings. The van der Waals surface area contributed by atoms with E-state index in [0.717, 1.165) is 46.7 Å². The lowest BCUT2D eigenvalue weighted by molar-refractivity contribution is -0.120. The van der Waals surface area contributed by atoms with Gasteiger partial charge in [0.15, 0.2) is 0 Å². The molecular weight excluding hydrogens is 338 g/mol. The molecule has 0 bridgehead atoms. The maximum atomic E-state index is 5.96. The number of rotatable bonds is 4. The second-order valence-corrected chi connectivity index (χ2v) is 7.67. The predicted molar refractivity (Wildman–Crippen MR) is 106 cm³/mol. The summed E-state index contributed by atoms with van der Waals surface area (Å²) in [4.78, 5) is 9.41. The molecule has 1 saturated heterocycles. The highest BCUT2D eigenvalue weighted by atomic mass is 16.5. The van der Waals surface area contributed by atoms with Gasteiger partial charge in [0, 0.05) is 16.9 Å². The van der Waals surface area contributed by atoms with Crippen molar-refractivity contribution in [1.82, 2.24) is 14.5 Å². The fourth-order valence-corrected chi connectivity index (χ4v) is 3.48. The number of benzene rings is 2. The maximum Gasteiger partial charge on any atom is 0.139 e. The lowest BCUT2D eigenvalue weighted by Crippen LogP contribution is -2.44. The van der Waals surface area contributed by atoms with Crippen molar-refractivity contribution < 1.29 is 9.47 Å². The molecule has 5 rings (SSSR count). The molecule has 1 aliphatic heterocycles. The molecule has 2 aromatic heterocycles. The first-order valence-electron chi connectivity index (χ1n) is 9.16. The van der Waals surface area contributed by atoms with Gasteiger partial charge in [-0.05, 0) is 36.8 Å². The summed E-state index contributed by atoms with van der Waals surface area (Å²) >= 11 is 0. The van der Waals surface area contributed by atoms with Crippen molar-refractivity contribution in [3.8, 4) is 11.6 Å². The Labute approximate surface area is 157 Å². The summed E-state index contributed by atoms with van der Waals surface area (Å²) in [5, 5.41) is 1.15. The Kier molecular flexibility index (Phi) is 3.65. The van der Waals surface area contributed by atoms with E-state index in [0.29, 0.717) is 6.61 Å². The molecule has 0 amide bonds. The summed E-state index contributed by atoms with van der Waals surface area (Å²) in [6.07, 6.45) is 1.82. The Morgan fingerprint density at radius 2 is 2.04 bits per heavy atom. The van der Waals surface area contributed by atoms with Crippen molar-refractivity contribution in [3.05, 3.63) is 60.4 Å². The largest absolute Gasteiger partial charge is 0.493 e. The molecule has 4 aromatic rings. The van der Waals surface area contributed by atoms with Crippen molar-refractivity contribution in [1.29, 1.82) is 0 Å². The second kappa shape index (κ2) is 6.06. The van der Waals surface area contributed by atoms with E-state index in [1.807, 2.05) is 35.2 Å². The third kappa shape index (κ3) is 2.84. The lowest BCUT2D eigenvalue weighted by Gasteiger charge is -2.37. The molecule has 5 heteroatoms. The molecule has 5 nitrogen and oxygen atoms in total. The number of nitrogens with zero attached hydrogens (tertiary/aromatic N) is 3. The zero-order valence-corrected chi connectivity index (χ0v) is 15.5. The van der Waals surface area contributed by atoms with Crippen LogP contribution in [-0.2, 0) is 4.74 Å². The first-order chi connectivity index (χ1) is 13.1. The summed E-state index contributed by atoms with van der Waals surface area (Å²) in [5.41, 5.74) is 4.23. The Morgan fingerprint density at radius 3 is 2.85 bits per heavy atom. The van der Waals surface area contributed by atoms with Crippen LogP contribution in [-0.4, -0.2) is 34.4 Å². The normalized spacial score (nSPS) is 15.8. The second-order valence-electron chi connectivity index (χ2n) is 7.67. The highest BCUT2D eigenvalue weighted by molar-refractivity contribution is 5.83. The van der Waals surface area contributed by atoms with Gasteiger partial charge in [0.05, 0.1) is 36.4 Å². The van der Waals surface area contributed by atoms with E-state index in [2.05, 4.69) is 43.1 Å². The van der Waals surface area contributed by atoms with Crippen LogP contribution >= 0.6 is 0 Å². The third-order valence-electron chi connectivity index (χ3n) is 5.16. The fourth-order valence-electron chi connectivity index (χ4n) is 3.48. The number of para-hydroxylation sites is 1. The zero-order chi connectivity index (χ0) is 18.4. The summed E-state index contributed by atoms with van der Waals surface area (Å²) in [5.74, 6) is 1.70. The van der Waals surface area contributed by atoms with E-state index in [1.54, 1.807) is 0 Å². The Morgan fingerprint density at radius 1 is 1.15 bits per heavy atom. The molecule has 0 radical (unpaired) electrons. The van der Waals surface area contributed by atoms with E-state index >= 15 is 0 Å². The molecule has 0 N–H and O–H groups in total. The van der Waals surface area contributed by atoms with Crippen LogP contribution in [0.1, 0.15) is 12.5 Å². The molecule has 0 atom stereocenters. The summed E-state index contributed by atoms with van der Waals surface area (Å²) in [7, 11) is 0. The van der Waals surface area contributed by atoms with Crippen LogP contribution in [0.5, 0.6) is 5.75 Å². The van der Waals surface area contributed by atoms with E-state index in [-0.39, 0.29) is 5.41 Å². The molecular formula is C22H21N3O2. The standard InChI is InChI=1S/C22H21N3O2/c1-15-4-3-5-16-6-9-20(24-21(15)16)25-14-23-18-10-17(7-8-19(18)25)27-13-22(2)11-26-12-22/h3-10,14H,11-13H2,1-2H3. The van der Waals surface area contributed by atoms with E-state index in [9.17, 15) is 0 Å². The SMILES string of the molecule is Cc1cccc2ccc(-n3cnc4cc(OCC5(C)COC5)ccc43)nc12. The van der Waals surface area contributed by atoms with Gasteiger partial charge in [-0.15, -0.1) is 0 Å². The minimum atomic E-state index is 0.126. The van der Waals surface area contributed by atoms with Crippen LogP contribution in [0.3, 0.4) is 0 Å². The molecule has 1 aliphatic rings. The average molecular weight is 359 g/mol. The molecule has 0 saturated carbocycles. The Bertz CT molecular complexity index is 1140. The molecule has 2 aromatic carbocycles. The molecule has 27 heavy (non-hydrogen) atoms. The number of aromatic nitrogens is 3. The quantitative estimate of drug-likeness (QED) is 0.545. The lowest BCUT2D eigenvalue weighted by atomic mass is 9.90. The van der Waals surface area contributed by atoms with Gasteiger partial charge >= 0.3 is 0 Å². The monoisotopic (exact) mass is 359 g/mol. The van der Waals surface area contributed by atoms with Crippen molar-refractivity contribution in [2.45, 2.75) is 13.8 Å². The van der Waals surface area contributed by atoms with Gasteiger partial charge in [-0.3, -0.25) is 4.57 Å². The molecule has 136 valence electrons. The van der Waals surface area contributed by atoms with E-state index in [1.165, 1.54) is 5.56 Å². The topological polar surface area (TPSA) is 49.2 Å². The van der Waals surface area contributed by atoms with Crippen LogP contribution in [0.4, 0.5) is 0 Å². The van der Waals surface area contributed by atoms with Crippen LogP contribution in [0.25, 0.3) is 27.8 Å². The number of ether oxygens (including phenoxy) is 2. The first kappa shape index (κ1) is 16.3. The Hall–Kier alpha value is -2.92. The highest BCUT2D eigenvalue weighted by Crippen LogP contribution is 2.29. The van der Waals surface area contributed by atoms with Crippen LogP contribution in [0.2, 0.25) is 0 Å². The summed E-state index contributed by atoms with van der Waals surface area (Å²) < 4.78 is 13.3. The van der Waals surface area contributed by atoms with Crippen molar-refractivity contribution in [2.75, 3.05) is 19.8 Å². The molecule has 0 aliphatic carbocycles. The number of fused-ring (bicyclic) bond motifs is 2. The molecule has 3 heterocycles. The van der Waals surface area contributed by atoms with Crippen LogP contribution < -0.4 is 4.74 Å². The predicted octanol–water partition coefficient (Wildman–Crippen LogP) is 4.30. The minimum absolute atomic E-state index is 0.126. The Balaban J connectivity index is 1.48. The number of hydrogen-bond donors (Lipinski definition) is 0.